The van der Waals surface area contributed by atoms with E-state index in [1.807, 2.05) is 6.92 Å². The molecular formula is C15H20F2. The lowest BCUT2D eigenvalue weighted by molar-refractivity contribution is 0.393. The fraction of sp³-hybridized carbons (Fsp3) is 0.600. The number of hydrogen-bond donors (Lipinski definition) is 0. The van der Waals surface area contributed by atoms with Crippen molar-refractivity contribution in [2.24, 2.45) is 5.92 Å². The summed E-state index contributed by atoms with van der Waals surface area (Å²) >= 11 is 0. The van der Waals surface area contributed by atoms with E-state index in [0.29, 0.717) is 11.5 Å². The summed E-state index contributed by atoms with van der Waals surface area (Å²) in [5, 5.41) is 0. The van der Waals surface area contributed by atoms with Gasteiger partial charge in [0.1, 0.15) is 0 Å². The summed E-state index contributed by atoms with van der Waals surface area (Å²) in [5.74, 6) is -0.748. The molecule has 1 aliphatic carbocycles. The zero-order chi connectivity index (χ0) is 12.4. The molecule has 1 unspecified atom stereocenters. The Labute approximate surface area is 102 Å². The molecule has 1 aromatic rings. The SMILES string of the molecule is CCCCC1CCc2c(C)cc(F)c(F)c2C1. The van der Waals surface area contributed by atoms with Gasteiger partial charge in [-0.3, -0.25) is 0 Å². The van der Waals surface area contributed by atoms with Crippen molar-refractivity contribution in [3.8, 4) is 0 Å². The van der Waals surface area contributed by atoms with E-state index < -0.39 is 11.6 Å². The Kier molecular flexibility index (Phi) is 3.80. The number of fused-ring (bicyclic) bond motifs is 1. The predicted molar refractivity (Wildman–Crippen MR) is 66.1 cm³/mol. The van der Waals surface area contributed by atoms with E-state index in [-0.39, 0.29) is 0 Å². The van der Waals surface area contributed by atoms with Crippen LogP contribution in [-0.4, -0.2) is 0 Å². The van der Waals surface area contributed by atoms with Crippen molar-refractivity contribution >= 4 is 0 Å². The number of halogens is 2. The van der Waals surface area contributed by atoms with E-state index in [1.165, 1.54) is 18.9 Å². The van der Waals surface area contributed by atoms with Crippen LogP contribution in [0.15, 0.2) is 6.07 Å². The Morgan fingerprint density at radius 3 is 2.76 bits per heavy atom. The van der Waals surface area contributed by atoms with Crippen LogP contribution >= 0.6 is 0 Å². The first-order chi connectivity index (χ1) is 8.13. The molecule has 0 bridgehead atoms. The fourth-order valence-electron chi connectivity index (χ4n) is 2.89. The Bertz CT molecular complexity index is 410. The van der Waals surface area contributed by atoms with E-state index in [0.717, 1.165) is 36.8 Å². The first kappa shape index (κ1) is 12.5. The summed E-state index contributed by atoms with van der Waals surface area (Å²) in [6, 6.07) is 1.33. The molecule has 0 aliphatic heterocycles. The fourth-order valence-corrected chi connectivity index (χ4v) is 2.89. The van der Waals surface area contributed by atoms with Gasteiger partial charge >= 0.3 is 0 Å². The lowest BCUT2D eigenvalue weighted by Gasteiger charge is -2.26. The highest BCUT2D eigenvalue weighted by Crippen LogP contribution is 2.33. The van der Waals surface area contributed by atoms with Crippen LogP contribution in [0.25, 0.3) is 0 Å². The van der Waals surface area contributed by atoms with Crippen molar-refractivity contribution in [3.05, 3.63) is 34.4 Å². The van der Waals surface area contributed by atoms with Gasteiger partial charge in [0.05, 0.1) is 0 Å². The van der Waals surface area contributed by atoms with Gasteiger partial charge in [0.15, 0.2) is 11.6 Å². The number of hydrogen-bond acceptors (Lipinski definition) is 0. The molecule has 2 heteroatoms. The highest BCUT2D eigenvalue weighted by Gasteiger charge is 2.24. The van der Waals surface area contributed by atoms with Crippen LogP contribution in [-0.2, 0) is 12.8 Å². The normalized spacial score (nSPS) is 19.2. The summed E-state index contributed by atoms with van der Waals surface area (Å²) < 4.78 is 27.2. The minimum absolute atomic E-state index is 0.540. The molecule has 2 rings (SSSR count). The highest BCUT2D eigenvalue weighted by atomic mass is 19.2. The predicted octanol–water partition coefficient (Wildman–Crippen LogP) is 4.57. The lowest BCUT2D eigenvalue weighted by Crippen LogP contribution is -2.18. The second kappa shape index (κ2) is 5.16. The Morgan fingerprint density at radius 2 is 2.06 bits per heavy atom. The number of rotatable bonds is 3. The molecule has 0 nitrogen and oxygen atoms in total. The summed E-state index contributed by atoms with van der Waals surface area (Å²) in [6.45, 7) is 4.05. The maximum absolute atomic E-state index is 13.8. The van der Waals surface area contributed by atoms with Crippen molar-refractivity contribution in [1.82, 2.24) is 0 Å². The summed E-state index contributed by atoms with van der Waals surface area (Å²) in [7, 11) is 0. The maximum Gasteiger partial charge on any atom is 0.162 e. The molecule has 0 heterocycles. The van der Waals surface area contributed by atoms with Gasteiger partial charge in [-0.25, -0.2) is 8.78 Å². The summed E-state index contributed by atoms with van der Waals surface area (Å²) in [4.78, 5) is 0. The van der Waals surface area contributed by atoms with E-state index in [9.17, 15) is 8.78 Å². The second-order valence-electron chi connectivity index (χ2n) is 5.20. The monoisotopic (exact) mass is 238 g/mol. The molecule has 0 spiro atoms. The summed E-state index contributed by atoms with van der Waals surface area (Å²) in [5.41, 5.74) is 2.61. The van der Waals surface area contributed by atoms with Gasteiger partial charge in [0.2, 0.25) is 0 Å². The minimum atomic E-state index is -0.683. The van der Waals surface area contributed by atoms with Crippen molar-refractivity contribution < 1.29 is 8.78 Å². The number of unbranched alkanes of at least 4 members (excludes halogenated alkanes) is 1. The molecule has 0 fully saturated rings. The molecule has 0 N–H and O–H groups in total. The van der Waals surface area contributed by atoms with Crippen LogP contribution in [0.3, 0.4) is 0 Å². The molecule has 0 saturated carbocycles. The molecule has 0 aromatic heterocycles. The highest BCUT2D eigenvalue weighted by molar-refractivity contribution is 5.38. The van der Waals surface area contributed by atoms with Gasteiger partial charge in [-0.15, -0.1) is 0 Å². The number of aryl methyl sites for hydroxylation is 1. The van der Waals surface area contributed by atoms with Crippen LogP contribution in [0.4, 0.5) is 8.78 Å². The van der Waals surface area contributed by atoms with Gasteiger partial charge < -0.3 is 0 Å². The molecule has 0 amide bonds. The molecule has 0 radical (unpaired) electrons. The third-order valence-corrected chi connectivity index (χ3v) is 3.92. The van der Waals surface area contributed by atoms with Gasteiger partial charge in [-0.2, -0.15) is 0 Å². The molecule has 1 aliphatic rings. The van der Waals surface area contributed by atoms with Crippen molar-refractivity contribution in [2.75, 3.05) is 0 Å². The molecule has 1 aromatic carbocycles. The lowest BCUT2D eigenvalue weighted by atomic mass is 9.79. The topological polar surface area (TPSA) is 0 Å². The van der Waals surface area contributed by atoms with Crippen LogP contribution in [0, 0.1) is 24.5 Å². The second-order valence-corrected chi connectivity index (χ2v) is 5.20. The molecule has 0 saturated heterocycles. The average molecular weight is 238 g/mol. The Balaban J connectivity index is 2.24. The van der Waals surface area contributed by atoms with E-state index in [2.05, 4.69) is 6.92 Å². The largest absolute Gasteiger partial charge is 0.204 e. The number of benzene rings is 1. The first-order valence-electron chi connectivity index (χ1n) is 6.59. The van der Waals surface area contributed by atoms with E-state index in [4.69, 9.17) is 0 Å². The smallest absolute Gasteiger partial charge is 0.162 e. The van der Waals surface area contributed by atoms with Crippen LogP contribution in [0.2, 0.25) is 0 Å². The maximum atomic E-state index is 13.8. The third kappa shape index (κ3) is 2.51. The van der Waals surface area contributed by atoms with Gasteiger partial charge in [-0.05, 0) is 54.9 Å². The molecule has 94 valence electrons. The van der Waals surface area contributed by atoms with E-state index >= 15 is 0 Å². The Hall–Kier alpha value is -0.920. The first-order valence-corrected chi connectivity index (χ1v) is 6.59. The zero-order valence-electron chi connectivity index (χ0n) is 10.7. The van der Waals surface area contributed by atoms with E-state index in [1.54, 1.807) is 0 Å². The van der Waals surface area contributed by atoms with Crippen LogP contribution < -0.4 is 0 Å². The molecule has 1 atom stereocenters. The van der Waals surface area contributed by atoms with Crippen molar-refractivity contribution in [2.45, 2.75) is 52.4 Å². The van der Waals surface area contributed by atoms with Gasteiger partial charge in [0, 0.05) is 0 Å². The molecular weight excluding hydrogens is 218 g/mol. The van der Waals surface area contributed by atoms with Crippen LogP contribution in [0.5, 0.6) is 0 Å². The van der Waals surface area contributed by atoms with Crippen molar-refractivity contribution in [1.29, 1.82) is 0 Å². The quantitative estimate of drug-likeness (QED) is 0.723. The van der Waals surface area contributed by atoms with Gasteiger partial charge in [-0.1, -0.05) is 26.2 Å². The zero-order valence-corrected chi connectivity index (χ0v) is 10.7. The standard InChI is InChI=1S/C15H20F2/c1-3-4-5-11-6-7-12-10(2)8-14(16)15(17)13(12)9-11/h8,11H,3-7,9H2,1-2H3. The summed E-state index contributed by atoms with van der Waals surface area (Å²) in [6.07, 6.45) is 6.26. The minimum Gasteiger partial charge on any atom is -0.204 e. The van der Waals surface area contributed by atoms with Crippen LogP contribution in [0.1, 0.15) is 49.3 Å². The third-order valence-electron chi connectivity index (χ3n) is 3.92. The molecule has 17 heavy (non-hydrogen) atoms. The average Bonchev–Trinajstić information content (AvgIpc) is 2.33. The Morgan fingerprint density at radius 1 is 1.29 bits per heavy atom. The van der Waals surface area contributed by atoms with Gasteiger partial charge in [0.25, 0.3) is 0 Å². The van der Waals surface area contributed by atoms with Crippen molar-refractivity contribution in [3.63, 3.8) is 0 Å².